The third-order valence-electron chi connectivity index (χ3n) is 6.77. The van der Waals surface area contributed by atoms with E-state index in [0.717, 1.165) is 63.0 Å². The molecule has 8 nitrogen and oxygen atoms in total. The van der Waals surface area contributed by atoms with Crippen molar-refractivity contribution >= 4 is 17.2 Å². The second-order valence-electron chi connectivity index (χ2n) is 9.04. The van der Waals surface area contributed by atoms with E-state index in [-0.39, 0.29) is 5.91 Å². The van der Waals surface area contributed by atoms with Gasteiger partial charge in [0.15, 0.2) is 5.82 Å². The SMILES string of the molecule is Cc1cc(NC(=O)c2cnn(-c3ccc(F)cn3)c2C)cnc1C1=CCC(N2CCOCC2)CC1. The Kier molecular flexibility index (Phi) is 6.70. The van der Waals surface area contributed by atoms with Crippen LogP contribution in [0.2, 0.25) is 0 Å². The third-order valence-corrected chi connectivity index (χ3v) is 6.77. The molecule has 4 heterocycles. The number of morpholine rings is 1. The van der Waals surface area contributed by atoms with Crippen molar-refractivity contribution in [2.75, 3.05) is 31.6 Å². The number of amides is 1. The predicted octanol–water partition coefficient (Wildman–Crippen LogP) is 3.94. The van der Waals surface area contributed by atoms with Gasteiger partial charge < -0.3 is 10.1 Å². The molecule has 0 aromatic carbocycles. The number of nitrogens with one attached hydrogen (secondary N) is 1. The number of hydrogen-bond acceptors (Lipinski definition) is 6. The summed E-state index contributed by atoms with van der Waals surface area (Å²) >= 11 is 0. The van der Waals surface area contributed by atoms with E-state index in [1.165, 1.54) is 28.6 Å². The van der Waals surface area contributed by atoms with Crippen LogP contribution in [0.15, 0.2) is 42.9 Å². The van der Waals surface area contributed by atoms with E-state index in [1.807, 2.05) is 13.0 Å². The molecule has 35 heavy (non-hydrogen) atoms. The molecule has 0 spiro atoms. The van der Waals surface area contributed by atoms with Crippen LogP contribution >= 0.6 is 0 Å². The fourth-order valence-electron chi connectivity index (χ4n) is 4.84. The molecular formula is C26H29FN6O2. The Bertz CT molecular complexity index is 1250. The Hall–Kier alpha value is -3.43. The minimum Gasteiger partial charge on any atom is -0.379 e. The Balaban J connectivity index is 1.26. The number of aromatic nitrogens is 4. The summed E-state index contributed by atoms with van der Waals surface area (Å²) in [4.78, 5) is 24.2. The maximum Gasteiger partial charge on any atom is 0.259 e. The molecule has 1 N–H and O–H groups in total. The molecule has 1 fully saturated rings. The Morgan fingerprint density at radius 3 is 2.66 bits per heavy atom. The summed E-state index contributed by atoms with van der Waals surface area (Å²) in [5.74, 6) is -0.264. The lowest BCUT2D eigenvalue weighted by atomic mass is 9.90. The molecule has 0 radical (unpaired) electrons. The molecule has 1 aliphatic carbocycles. The first kappa shape index (κ1) is 23.3. The lowest BCUT2D eigenvalue weighted by Crippen LogP contribution is -2.43. The van der Waals surface area contributed by atoms with Gasteiger partial charge >= 0.3 is 0 Å². The number of hydrogen-bond donors (Lipinski definition) is 1. The van der Waals surface area contributed by atoms with E-state index >= 15 is 0 Å². The highest BCUT2D eigenvalue weighted by Gasteiger charge is 2.24. The van der Waals surface area contributed by atoms with Crippen molar-refractivity contribution in [1.82, 2.24) is 24.6 Å². The van der Waals surface area contributed by atoms with Crippen molar-refractivity contribution in [3.63, 3.8) is 0 Å². The zero-order valence-corrected chi connectivity index (χ0v) is 20.0. The van der Waals surface area contributed by atoms with Gasteiger partial charge in [0.1, 0.15) is 5.82 Å². The first-order valence-electron chi connectivity index (χ1n) is 12.0. The second kappa shape index (κ2) is 10.1. The summed E-state index contributed by atoms with van der Waals surface area (Å²) in [7, 11) is 0. The standard InChI is InChI=1S/C26H29FN6O2/c1-17-13-21(15-29-25(17)19-3-6-22(7-4-19)32-9-11-35-12-10-32)31-26(34)23-16-30-33(18(23)2)24-8-5-20(27)14-28-24/h3,5,8,13-16,22H,4,6-7,9-12H2,1-2H3,(H,31,34). The van der Waals surface area contributed by atoms with Crippen LogP contribution in [0.5, 0.6) is 0 Å². The molecule has 3 aromatic heterocycles. The first-order chi connectivity index (χ1) is 17.0. The van der Waals surface area contributed by atoms with Gasteiger partial charge in [0.2, 0.25) is 0 Å². The van der Waals surface area contributed by atoms with Gasteiger partial charge in [0, 0.05) is 19.1 Å². The van der Waals surface area contributed by atoms with Crippen molar-refractivity contribution in [1.29, 1.82) is 0 Å². The fraction of sp³-hybridized carbons (Fsp3) is 0.385. The van der Waals surface area contributed by atoms with Crippen molar-refractivity contribution < 1.29 is 13.9 Å². The zero-order valence-electron chi connectivity index (χ0n) is 20.0. The van der Waals surface area contributed by atoms with Crippen LogP contribution < -0.4 is 5.32 Å². The van der Waals surface area contributed by atoms with Crippen LogP contribution in [-0.4, -0.2) is 62.9 Å². The second-order valence-corrected chi connectivity index (χ2v) is 9.04. The van der Waals surface area contributed by atoms with Gasteiger partial charge in [-0.2, -0.15) is 5.10 Å². The maximum absolute atomic E-state index is 13.2. The summed E-state index contributed by atoms with van der Waals surface area (Å²) in [6.45, 7) is 7.47. The molecule has 0 saturated carbocycles. The van der Waals surface area contributed by atoms with Gasteiger partial charge in [0.05, 0.1) is 54.4 Å². The van der Waals surface area contributed by atoms with Gasteiger partial charge in [-0.1, -0.05) is 6.08 Å². The van der Waals surface area contributed by atoms with E-state index < -0.39 is 5.82 Å². The number of halogens is 1. The van der Waals surface area contributed by atoms with Crippen LogP contribution in [0, 0.1) is 19.7 Å². The van der Waals surface area contributed by atoms with Crippen molar-refractivity contribution in [2.24, 2.45) is 0 Å². The average molecular weight is 477 g/mol. The van der Waals surface area contributed by atoms with Crippen LogP contribution in [-0.2, 0) is 4.74 Å². The number of aryl methyl sites for hydroxylation is 1. The molecule has 1 atom stereocenters. The molecular weight excluding hydrogens is 447 g/mol. The van der Waals surface area contributed by atoms with Crippen molar-refractivity contribution in [2.45, 2.75) is 39.2 Å². The number of anilines is 1. The largest absolute Gasteiger partial charge is 0.379 e. The molecule has 0 bridgehead atoms. The number of allylic oxidation sites excluding steroid dienone is 1. The van der Waals surface area contributed by atoms with Gasteiger partial charge in [-0.3, -0.25) is 14.7 Å². The summed E-state index contributed by atoms with van der Waals surface area (Å²) in [6.07, 6.45) is 9.78. The minimum absolute atomic E-state index is 0.282. The molecule has 2 aliphatic rings. The molecule has 9 heteroatoms. The van der Waals surface area contributed by atoms with Gasteiger partial charge in [-0.15, -0.1) is 0 Å². The Morgan fingerprint density at radius 2 is 1.97 bits per heavy atom. The zero-order chi connectivity index (χ0) is 24.4. The van der Waals surface area contributed by atoms with E-state index in [1.54, 1.807) is 13.1 Å². The summed E-state index contributed by atoms with van der Waals surface area (Å²) in [5, 5.41) is 7.17. The van der Waals surface area contributed by atoms with E-state index in [0.29, 0.717) is 28.8 Å². The number of rotatable bonds is 5. The first-order valence-corrected chi connectivity index (χ1v) is 12.0. The minimum atomic E-state index is -0.427. The lowest BCUT2D eigenvalue weighted by Gasteiger charge is -2.36. The van der Waals surface area contributed by atoms with Gasteiger partial charge in [-0.25, -0.2) is 14.1 Å². The van der Waals surface area contributed by atoms with E-state index in [4.69, 9.17) is 4.74 Å². The van der Waals surface area contributed by atoms with Crippen LogP contribution in [0.4, 0.5) is 10.1 Å². The smallest absolute Gasteiger partial charge is 0.259 e. The quantitative estimate of drug-likeness (QED) is 0.601. The number of ether oxygens (including phenoxy) is 1. The predicted molar refractivity (Wildman–Crippen MR) is 131 cm³/mol. The molecule has 1 unspecified atom stereocenters. The van der Waals surface area contributed by atoms with E-state index in [2.05, 4.69) is 31.4 Å². The number of carbonyl (C=O) groups excluding carboxylic acids is 1. The molecule has 1 saturated heterocycles. The van der Waals surface area contributed by atoms with Crippen molar-refractivity contribution in [3.8, 4) is 5.82 Å². The summed E-state index contributed by atoms with van der Waals surface area (Å²) in [5.41, 5.74) is 4.96. The average Bonchev–Trinajstić information content (AvgIpc) is 3.27. The summed E-state index contributed by atoms with van der Waals surface area (Å²) in [6, 6.07) is 5.36. The third kappa shape index (κ3) is 5.01. The maximum atomic E-state index is 13.2. The molecule has 1 amide bonds. The van der Waals surface area contributed by atoms with E-state index in [9.17, 15) is 9.18 Å². The highest BCUT2D eigenvalue weighted by molar-refractivity contribution is 6.05. The van der Waals surface area contributed by atoms with Crippen molar-refractivity contribution in [3.05, 3.63) is 71.2 Å². The molecule has 3 aromatic rings. The topological polar surface area (TPSA) is 85.2 Å². The number of nitrogens with zero attached hydrogens (tertiary/aromatic N) is 5. The molecule has 1 aliphatic heterocycles. The van der Waals surface area contributed by atoms with Crippen LogP contribution in [0.25, 0.3) is 11.4 Å². The Morgan fingerprint density at radius 1 is 1.14 bits per heavy atom. The van der Waals surface area contributed by atoms with Gasteiger partial charge in [0.25, 0.3) is 5.91 Å². The van der Waals surface area contributed by atoms with Gasteiger partial charge in [-0.05, 0) is 62.4 Å². The monoisotopic (exact) mass is 476 g/mol. The number of carbonyl (C=O) groups is 1. The molecule has 5 rings (SSSR count). The highest BCUT2D eigenvalue weighted by Crippen LogP contribution is 2.31. The normalized spacial score (nSPS) is 18.8. The van der Waals surface area contributed by atoms with Crippen LogP contribution in [0.3, 0.4) is 0 Å². The fourth-order valence-corrected chi connectivity index (χ4v) is 4.84. The molecule has 182 valence electrons. The lowest BCUT2D eigenvalue weighted by molar-refractivity contribution is 0.0150. The van der Waals surface area contributed by atoms with Crippen LogP contribution in [0.1, 0.15) is 46.6 Å². The highest BCUT2D eigenvalue weighted by atomic mass is 19.1. The summed E-state index contributed by atoms with van der Waals surface area (Å²) < 4.78 is 20.2. The Labute approximate surface area is 203 Å². The number of pyridine rings is 2.